The van der Waals surface area contributed by atoms with Crippen LogP contribution in [0.5, 0.6) is 5.75 Å². The summed E-state index contributed by atoms with van der Waals surface area (Å²) in [5.41, 5.74) is 6.34. The second-order valence-corrected chi connectivity index (χ2v) is 4.72. The fourth-order valence-corrected chi connectivity index (χ4v) is 2.12. The Hall–Kier alpha value is -1.92. The van der Waals surface area contributed by atoms with Crippen LogP contribution in [0.15, 0.2) is 29.6 Å². The number of aromatic nitrogens is 1. The summed E-state index contributed by atoms with van der Waals surface area (Å²) >= 11 is 1.34. The first-order valence-electron chi connectivity index (χ1n) is 5.38. The largest absolute Gasteiger partial charge is 0.506 e. The number of carbonyl (C=O) groups excluding carboxylic acids is 1. The number of rotatable bonds is 3. The van der Waals surface area contributed by atoms with Gasteiger partial charge in [0, 0.05) is 5.38 Å². The van der Waals surface area contributed by atoms with Crippen molar-refractivity contribution in [2.24, 2.45) is 5.73 Å². The molecule has 0 aliphatic rings. The number of nitrogens with two attached hydrogens (primary N) is 1. The van der Waals surface area contributed by atoms with Crippen LogP contribution in [0.25, 0.3) is 0 Å². The van der Waals surface area contributed by atoms with Crippen LogP contribution in [-0.2, 0) is 0 Å². The maximum atomic E-state index is 11.9. The van der Waals surface area contributed by atoms with E-state index in [9.17, 15) is 9.90 Å². The van der Waals surface area contributed by atoms with Crippen molar-refractivity contribution in [3.63, 3.8) is 0 Å². The van der Waals surface area contributed by atoms with Gasteiger partial charge in [-0.05, 0) is 19.1 Å². The van der Waals surface area contributed by atoms with Gasteiger partial charge in [-0.25, -0.2) is 4.98 Å². The number of phenolic OH excluding ortho intramolecular Hbond substituents is 1. The molecule has 18 heavy (non-hydrogen) atoms. The first-order valence-corrected chi connectivity index (χ1v) is 6.26. The Morgan fingerprint density at radius 2 is 2.22 bits per heavy atom. The number of hydrogen-bond donors (Lipinski definition) is 3. The lowest BCUT2D eigenvalue weighted by Crippen LogP contribution is -2.13. The number of para-hydroxylation sites is 2. The number of amides is 1. The minimum Gasteiger partial charge on any atom is -0.506 e. The highest BCUT2D eigenvalue weighted by Crippen LogP contribution is 2.23. The molecule has 0 radical (unpaired) electrons. The van der Waals surface area contributed by atoms with Gasteiger partial charge in [0.1, 0.15) is 16.5 Å². The SMILES string of the molecule is CC(N)c1nc(C(=O)Nc2ccccc2O)cs1. The molecule has 0 aliphatic carbocycles. The molecule has 6 heteroatoms. The molecule has 94 valence electrons. The number of phenols is 1. The lowest BCUT2D eigenvalue weighted by Gasteiger charge is -2.05. The summed E-state index contributed by atoms with van der Waals surface area (Å²) in [7, 11) is 0. The molecule has 1 aromatic carbocycles. The van der Waals surface area contributed by atoms with Gasteiger partial charge < -0.3 is 16.2 Å². The van der Waals surface area contributed by atoms with E-state index < -0.39 is 0 Å². The summed E-state index contributed by atoms with van der Waals surface area (Å²) in [4.78, 5) is 16.0. The van der Waals surface area contributed by atoms with Crippen LogP contribution < -0.4 is 11.1 Å². The molecule has 1 unspecified atom stereocenters. The van der Waals surface area contributed by atoms with Gasteiger partial charge in [0.25, 0.3) is 5.91 Å². The molecule has 0 spiro atoms. The Kier molecular flexibility index (Phi) is 3.59. The Morgan fingerprint density at radius 1 is 1.50 bits per heavy atom. The molecule has 1 amide bonds. The van der Waals surface area contributed by atoms with Crippen LogP contribution in [0.2, 0.25) is 0 Å². The monoisotopic (exact) mass is 263 g/mol. The zero-order valence-corrected chi connectivity index (χ0v) is 10.6. The van der Waals surface area contributed by atoms with Crippen molar-refractivity contribution in [2.45, 2.75) is 13.0 Å². The number of thiazole rings is 1. The van der Waals surface area contributed by atoms with Gasteiger partial charge in [0.15, 0.2) is 0 Å². The van der Waals surface area contributed by atoms with Crippen molar-refractivity contribution in [2.75, 3.05) is 5.32 Å². The molecule has 0 bridgehead atoms. The van der Waals surface area contributed by atoms with Crippen molar-refractivity contribution in [1.29, 1.82) is 0 Å². The van der Waals surface area contributed by atoms with Gasteiger partial charge in [0.05, 0.1) is 11.7 Å². The number of nitrogens with zero attached hydrogens (tertiary/aromatic N) is 1. The number of benzene rings is 1. The van der Waals surface area contributed by atoms with Crippen molar-refractivity contribution < 1.29 is 9.90 Å². The second-order valence-electron chi connectivity index (χ2n) is 3.83. The van der Waals surface area contributed by atoms with Gasteiger partial charge in [-0.2, -0.15) is 0 Å². The normalized spacial score (nSPS) is 12.1. The fourth-order valence-electron chi connectivity index (χ4n) is 1.37. The summed E-state index contributed by atoms with van der Waals surface area (Å²) in [6.07, 6.45) is 0. The smallest absolute Gasteiger partial charge is 0.275 e. The third-order valence-electron chi connectivity index (χ3n) is 2.30. The topological polar surface area (TPSA) is 88.2 Å². The standard InChI is InChI=1S/C12H13N3O2S/c1-7(13)12-15-9(6-18-12)11(17)14-8-4-2-3-5-10(8)16/h2-7,16H,13H2,1H3,(H,14,17). The summed E-state index contributed by atoms with van der Waals surface area (Å²) in [6.45, 7) is 1.81. The van der Waals surface area contributed by atoms with Gasteiger partial charge in [0.2, 0.25) is 0 Å². The molecule has 1 atom stereocenters. The highest BCUT2D eigenvalue weighted by molar-refractivity contribution is 7.09. The van der Waals surface area contributed by atoms with E-state index in [0.717, 1.165) is 0 Å². The Balaban J connectivity index is 2.15. The van der Waals surface area contributed by atoms with E-state index in [2.05, 4.69) is 10.3 Å². The maximum Gasteiger partial charge on any atom is 0.275 e. The number of anilines is 1. The highest BCUT2D eigenvalue weighted by atomic mass is 32.1. The minimum absolute atomic E-state index is 0.0218. The lowest BCUT2D eigenvalue weighted by molar-refractivity contribution is 0.102. The molecule has 0 fully saturated rings. The zero-order valence-electron chi connectivity index (χ0n) is 9.75. The van der Waals surface area contributed by atoms with Crippen molar-refractivity contribution >= 4 is 22.9 Å². The average Bonchev–Trinajstić information content (AvgIpc) is 2.81. The summed E-state index contributed by atoms with van der Waals surface area (Å²) < 4.78 is 0. The van der Waals surface area contributed by atoms with E-state index in [0.29, 0.717) is 16.4 Å². The molecular weight excluding hydrogens is 250 g/mol. The third kappa shape index (κ3) is 2.66. The molecule has 0 saturated carbocycles. The van der Waals surface area contributed by atoms with Gasteiger partial charge in [-0.1, -0.05) is 12.1 Å². The van der Waals surface area contributed by atoms with E-state index >= 15 is 0 Å². The first-order chi connectivity index (χ1) is 8.58. The van der Waals surface area contributed by atoms with Crippen molar-refractivity contribution in [3.8, 4) is 5.75 Å². The molecule has 1 aromatic heterocycles. The molecule has 2 aromatic rings. The molecule has 5 nitrogen and oxygen atoms in total. The van der Waals surface area contributed by atoms with E-state index in [1.165, 1.54) is 17.4 Å². The van der Waals surface area contributed by atoms with E-state index in [1.807, 2.05) is 6.92 Å². The predicted octanol–water partition coefficient (Wildman–Crippen LogP) is 2.12. The second kappa shape index (κ2) is 5.16. The summed E-state index contributed by atoms with van der Waals surface area (Å²) in [6, 6.07) is 6.34. The minimum atomic E-state index is -0.361. The van der Waals surface area contributed by atoms with Gasteiger partial charge >= 0.3 is 0 Å². The van der Waals surface area contributed by atoms with E-state index in [1.54, 1.807) is 23.6 Å². The highest BCUT2D eigenvalue weighted by Gasteiger charge is 2.13. The zero-order chi connectivity index (χ0) is 13.1. The molecular formula is C12H13N3O2S. The van der Waals surface area contributed by atoms with Crippen LogP contribution in [0, 0.1) is 0 Å². The Morgan fingerprint density at radius 3 is 2.83 bits per heavy atom. The molecule has 0 saturated heterocycles. The number of carbonyl (C=O) groups is 1. The Bertz CT molecular complexity index is 566. The van der Waals surface area contributed by atoms with Crippen LogP contribution in [0.4, 0.5) is 5.69 Å². The summed E-state index contributed by atoms with van der Waals surface area (Å²) in [5.74, 6) is -0.340. The predicted molar refractivity (Wildman–Crippen MR) is 70.8 cm³/mol. The molecule has 1 heterocycles. The average molecular weight is 263 g/mol. The number of nitrogens with one attached hydrogen (secondary N) is 1. The van der Waals surface area contributed by atoms with Gasteiger partial charge in [-0.15, -0.1) is 11.3 Å². The van der Waals surface area contributed by atoms with Crippen molar-refractivity contribution in [3.05, 3.63) is 40.3 Å². The van der Waals surface area contributed by atoms with Crippen LogP contribution in [-0.4, -0.2) is 16.0 Å². The van der Waals surface area contributed by atoms with Crippen molar-refractivity contribution in [1.82, 2.24) is 4.98 Å². The lowest BCUT2D eigenvalue weighted by atomic mass is 10.3. The fraction of sp³-hybridized carbons (Fsp3) is 0.167. The number of hydrogen-bond acceptors (Lipinski definition) is 5. The summed E-state index contributed by atoms with van der Waals surface area (Å²) in [5, 5.41) is 14.5. The molecule has 2 rings (SSSR count). The van der Waals surface area contributed by atoms with Crippen LogP contribution in [0.1, 0.15) is 28.5 Å². The maximum absolute atomic E-state index is 11.9. The Labute approximate surface area is 108 Å². The van der Waals surface area contributed by atoms with E-state index in [-0.39, 0.29) is 17.7 Å². The quantitative estimate of drug-likeness (QED) is 0.740. The third-order valence-corrected chi connectivity index (χ3v) is 3.34. The first kappa shape index (κ1) is 12.5. The van der Waals surface area contributed by atoms with E-state index in [4.69, 9.17) is 5.73 Å². The molecule has 4 N–H and O–H groups in total. The molecule has 0 aliphatic heterocycles. The van der Waals surface area contributed by atoms with Crippen LogP contribution in [0.3, 0.4) is 0 Å². The van der Waals surface area contributed by atoms with Gasteiger partial charge in [-0.3, -0.25) is 4.79 Å². The van der Waals surface area contributed by atoms with Crippen LogP contribution >= 0.6 is 11.3 Å². The number of aromatic hydroxyl groups is 1.